The maximum atomic E-state index is 12.9. The fourth-order valence-corrected chi connectivity index (χ4v) is 3.60. The van der Waals surface area contributed by atoms with Crippen LogP contribution in [0.3, 0.4) is 0 Å². The molecule has 0 fully saturated rings. The Bertz CT molecular complexity index is 1340. The number of hydrogen-bond donors (Lipinski definition) is 1. The van der Waals surface area contributed by atoms with Crippen LogP contribution in [-0.4, -0.2) is 27.2 Å². The van der Waals surface area contributed by atoms with Crippen molar-refractivity contribution >= 4 is 11.4 Å². The first-order valence-corrected chi connectivity index (χ1v) is 10.5. The average Bonchev–Trinajstić information content (AvgIpc) is 3.24. The Hall–Kier alpha value is -3.87. The zero-order chi connectivity index (χ0) is 22.7. The molecule has 164 valence electrons. The number of para-hydroxylation sites is 1. The van der Waals surface area contributed by atoms with E-state index in [1.807, 2.05) is 30.3 Å². The molecule has 0 spiro atoms. The fraction of sp³-hybridized carbons (Fsp3) is 0.240. The van der Waals surface area contributed by atoms with Gasteiger partial charge in [0.1, 0.15) is 11.3 Å². The monoisotopic (exact) mass is 430 g/mol. The van der Waals surface area contributed by atoms with Crippen molar-refractivity contribution in [3.05, 3.63) is 88.0 Å². The lowest BCUT2D eigenvalue weighted by Gasteiger charge is -2.10. The number of hydrogen-bond acceptors (Lipinski definition) is 4. The van der Waals surface area contributed by atoms with Crippen molar-refractivity contribution < 1.29 is 9.53 Å². The number of ether oxygens (including phenoxy) is 1. The van der Waals surface area contributed by atoms with Crippen LogP contribution in [0.1, 0.15) is 23.1 Å². The van der Waals surface area contributed by atoms with Crippen LogP contribution in [0.2, 0.25) is 0 Å². The van der Waals surface area contributed by atoms with Crippen molar-refractivity contribution in [1.82, 2.24) is 19.5 Å². The smallest absolute Gasteiger partial charge is 0.276 e. The van der Waals surface area contributed by atoms with E-state index in [2.05, 4.69) is 36.4 Å². The summed E-state index contributed by atoms with van der Waals surface area (Å²) < 4.78 is 8.44. The second-order valence-corrected chi connectivity index (χ2v) is 7.79. The van der Waals surface area contributed by atoms with Gasteiger partial charge in [-0.25, -0.2) is 4.52 Å². The molecule has 0 unspecified atom stereocenters. The molecule has 4 rings (SSSR count). The molecule has 2 heterocycles. The molecule has 0 bridgehead atoms. The van der Waals surface area contributed by atoms with Crippen LogP contribution in [0.5, 0.6) is 5.75 Å². The van der Waals surface area contributed by atoms with Crippen molar-refractivity contribution in [3.63, 3.8) is 0 Å². The SMILES string of the molecule is COc1ccccc1CNC(=O)CCn1ccn2nc(-c3ccc(C)c(C)c3)cc2c1=O. The molecule has 1 N–H and O–H groups in total. The van der Waals surface area contributed by atoms with Gasteiger partial charge in [0, 0.05) is 43.0 Å². The van der Waals surface area contributed by atoms with Gasteiger partial charge in [-0.1, -0.05) is 30.3 Å². The van der Waals surface area contributed by atoms with Crippen molar-refractivity contribution in [2.24, 2.45) is 0 Å². The number of benzene rings is 2. The standard InChI is InChI=1S/C25H26N4O3/c1-17-8-9-19(14-18(17)2)21-15-22-25(31)28(12-13-29(22)27-21)11-10-24(30)26-16-20-6-4-5-7-23(20)32-3/h4-9,12-15H,10-11,16H2,1-3H3,(H,26,30). The summed E-state index contributed by atoms with van der Waals surface area (Å²) in [6, 6.07) is 15.5. The van der Waals surface area contributed by atoms with E-state index in [0.717, 1.165) is 22.6 Å². The van der Waals surface area contributed by atoms with Crippen LogP contribution >= 0.6 is 0 Å². The minimum absolute atomic E-state index is 0.132. The molecule has 4 aromatic rings. The highest BCUT2D eigenvalue weighted by molar-refractivity contribution is 5.76. The zero-order valence-corrected chi connectivity index (χ0v) is 18.5. The molecule has 0 saturated heterocycles. The van der Waals surface area contributed by atoms with Crippen LogP contribution in [0.15, 0.2) is 65.7 Å². The van der Waals surface area contributed by atoms with Gasteiger partial charge < -0.3 is 14.6 Å². The van der Waals surface area contributed by atoms with Gasteiger partial charge in [0.05, 0.1) is 12.8 Å². The fourth-order valence-electron chi connectivity index (χ4n) is 3.60. The number of carbonyl (C=O) groups is 1. The highest BCUT2D eigenvalue weighted by atomic mass is 16.5. The summed E-state index contributed by atoms with van der Waals surface area (Å²) in [5.74, 6) is 0.599. The number of rotatable bonds is 7. The first-order valence-electron chi connectivity index (χ1n) is 10.5. The van der Waals surface area contributed by atoms with Crippen LogP contribution in [0, 0.1) is 13.8 Å². The Morgan fingerprint density at radius 3 is 2.66 bits per heavy atom. The van der Waals surface area contributed by atoms with Crippen LogP contribution in [-0.2, 0) is 17.9 Å². The minimum Gasteiger partial charge on any atom is -0.496 e. The lowest BCUT2D eigenvalue weighted by atomic mass is 10.0. The Morgan fingerprint density at radius 2 is 1.88 bits per heavy atom. The highest BCUT2D eigenvalue weighted by Crippen LogP contribution is 2.21. The third-order valence-corrected chi connectivity index (χ3v) is 5.65. The molecular weight excluding hydrogens is 404 g/mol. The molecule has 0 saturated carbocycles. The molecule has 1 amide bonds. The number of nitrogens with one attached hydrogen (secondary N) is 1. The number of amides is 1. The molecule has 7 heteroatoms. The molecule has 32 heavy (non-hydrogen) atoms. The number of methoxy groups -OCH3 is 1. The van der Waals surface area contributed by atoms with E-state index < -0.39 is 0 Å². The Kier molecular flexibility index (Phi) is 6.07. The number of aromatic nitrogens is 3. The van der Waals surface area contributed by atoms with Crippen molar-refractivity contribution in [2.45, 2.75) is 33.4 Å². The maximum Gasteiger partial charge on any atom is 0.276 e. The largest absolute Gasteiger partial charge is 0.496 e. The molecule has 7 nitrogen and oxygen atoms in total. The van der Waals surface area contributed by atoms with Gasteiger partial charge in [0.2, 0.25) is 5.91 Å². The number of fused-ring (bicyclic) bond motifs is 1. The van der Waals surface area contributed by atoms with Crippen molar-refractivity contribution in [1.29, 1.82) is 0 Å². The zero-order valence-electron chi connectivity index (χ0n) is 18.5. The highest BCUT2D eigenvalue weighted by Gasteiger charge is 2.11. The summed E-state index contributed by atoms with van der Waals surface area (Å²) >= 11 is 0. The minimum atomic E-state index is -0.174. The Morgan fingerprint density at radius 1 is 1.06 bits per heavy atom. The van der Waals surface area contributed by atoms with Crippen LogP contribution < -0.4 is 15.6 Å². The number of aryl methyl sites for hydroxylation is 3. The summed E-state index contributed by atoms with van der Waals surface area (Å²) in [6.45, 7) is 4.78. The summed E-state index contributed by atoms with van der Waals surface area (Å²) in [7, 11) is 1.60. The predicted molar refractivity (Wildman–Crippen MR) is 124 cm³/mol. The van der Waals surface area contributed by atoms with Gasteiger partial charge in [-0.2, -0.15) is 5.10 Å². The van der Waals surface area contributed by atoms with E-state index in [-0.39, 0.29) is 24.4 Å². The second-order valence-electron chi connectivity index (χ2n) is 7.79. The van der Waals surface area contributed by atoms with Crippen LogP contribution in [0.25, 0.3) is 16.8 Å². The van der Waals surface area contributed by atoms with Gasteiger partial charge in [0.25, 0.3) is 5.56 Å². The maximum absolute atomic E-state index is 12.9. The number of nitrogens with zero attached hydrogens (tertiary/aromatic N) is 3. The molecule has 0 aliphatic carbocycles. The van der Waals surface area contributed by atoms with Gasteiger partial charge in [-0.15, -0.1) is 0 Å². The normalized spacial score (nSPS) is 11.0. The average molecular weight is 431 g/mol. The van der Waals surface area contributed by atoms with E-state index in [0.29, 0.717) is 12.1 Å². The first kappa shape index (κ1) is 21.4. The molecule has 0 aliphatic rings. The summed E-state index contributed by atoms with van der Waals surface area (Å²) in [4.78, 5) is 25.3. The Labute approximate surface area is 186 Å². The van der Waals surface area contributed by atoms with Gasteiger partial charge in [-0.3, -0.25) is 9.59 Å². The van der Waals surface area contributed by atoms with Crippen molar-refractivity contribution in [2.75, 3.05) is 7.11 Å². The van der Waals surface area contributed by atoms with Gasteiger partial charge in [0.15, 0.2) is 0 Å². The summed E-state index contributed by atoms with van der Waals surface area (Å²) in [5, 5.41) is 7.43. The second kappa shape index (κ2) is 9.09. The van der Waals surface area contributed by atoms with Gasteiger partial charge >= 0.3 is 0 Å². The summed E-state index contributed by atoms with van der Waals surface area (Å²) in [6.07, 6.45) is 3.61. The predicted octanol–water partition coefficient (Wildman–Crippen LogP) is 3.49. The molecule has 0 aliphatic heterocycles. The quantitative estimate of drug-likeness (QED) is 0.487. The molecule has 0 radical (unpaired) electrons. The first-order chi connectivity index (χ1) is 15.5. The van der Waals surface area contributed by atoms with Crippen LogP contribution in [0.4, 0.5) is 0 Å². The van der Waals surface area contributed by atoms with Crippen molar-refractivity contribution in [3.8, 4) is 17.0 Å². The third kappa shape index (κ3) is 4.42. The lowest BCUT2D eigenvalue weighted by molar-refractivity contribution is -0.121. The third-order valence-electron chi connectivity index (χ3n) is 5.65. The molecule has 2 aromatic carbocycles. The Balaban J connectivity index is 1.45. The van der Waals surface area contributed by atoms with Gasteiger partial charge in [-0.05, 0) is 43.2 Å². The van der Waals surface area contributed by atoms with E-state index in [9.17, 15) is 9.59 Å². The molecule has 0 atom stereocenters. The van der Waals surface area contributed by atoms with E-state index in [1.54, 1.807) is 34.7 Å². The molecule has 2 aromatic heterocycles. The summed E-state index contributed by atoms with van der Waals surface area (Å²) in [5.41, 5.74) is 5.32. The number of carbonyl (C=O) groups excluding carboxylic acids is 1. The molecular formula is C25H26N4O3. The topological polar surface area (TPSA) is 77.6 Å². The van der Waals surface area contributed by atoms with E-state index in [4.69, 9.17) is 4.74 Å². The van der Waals surface area contributed by atoms with E-state index in [1.165, 1.54) is 11.1 Å². The van der Waals surface area contributed by atoms with E-state index >= 15 is 0 Å². The lowest BCUT2D eigenvalue weighted by Crippen LogP contribution is -2.27.